The molecule has 1 aromatic heterocycles. The highest BCUT2D eigenvalue weighted by Crippen LogP contribution is 2.47. The molecule has 0 atom stereocenters. The summed E-state index contributed by atoms with van der Waals surface area (Å²) in [5.41, 5.74) is 8.92. The Morgan fingerprint density at radius 2 is 1.74 bits per heavy atom. The topological polar surface area (TPSA) is 50.2 Å². The Bertz CT molecular complexity index is 1040. The molecule has 3 nitrogen and oxygen atoms in total. The van der Waals surface area contributed by atoms with Crippen LogP contribution in [0.4, 0.5) is 0 Å². The molecule has 0 unspecified atom stereocenters. The number of aryl methyl sites for hydroxylation is 1. The van der Waals surface area contributed by atoms with Crippen molar-refractivity contribution >= 4 is 17.4 Å². The Hall–Kier alpha value is -2.68. The van der Waals surface area contributed by atoms with Gasteiger partial charge in [0.05, 0.1) is 11.5 Å². The number of benzene rings is 1. The first kappa shape index (κ1) is 23.0. The summed E-state index contributed by atoms with van der Waals surface area (Å²) in [6.45, 7) is 17.7. The number of aliphatic hydroxyl groups excluding tert-OH is 1. The van der Waals surface area contributed by atoms with Gasteiger partial charge in [-0.15, -0.1) is 0 Å². The maximum atomic E-state index is 10.6. The lowest BCUT2D eigenvalue weighted by atomic mass is 9.62. The molecule has 31 heavy (non-hydrogen) atoms. The summed E-state index contributed by atoms with van der Waals surface area (Å²) in [4.78, 5) is 15.2. The van der Waals surface area contributed by atoms with Crippen molar-refractivity contribution < 1.29 is 9.90 Å². The molecule has 3 rings (SSSR count). The van der Waals surface area contributed by atoms with Crippen LogP contribution >= 0.6 is 0 Å². The number of hydrogen-bond acceptors (Lipinski definition) is 3. The second kappa shape index (κ2) is 8.45. The lowest BCUT2D eigenvalue weighted by molar-refractivity contribution is -0.107. The van der Waals surface area contributed by atoms with Gasteiger partial charge in [0.2, 0.25) is 0 Å². The zero-order chi connectivity index (χ0) is 23.0. The van der Waals surface area contributed by atoms with Gasteiger partial charge in [-0.05, 0) is 83.0 Å². The highest BCUT2D eigenvalue weighted by atomic mass is 16.3. The standard InChI is InChI=1S/C28H35NO2/c1-18-15-23-24(28(6,7)13-12-27(23,4)5)16-22(18)20(3)25-11-10-21(17-29-25)19(2)26(31)9-8-14-30/h10-11,14-17,31H,3,8-9,12-13H2,1-2,4-7H3/b26-19-. The molecule has 0 aliphatic heterocycles. The van der Waals surface area contributed by atoms with Crippen LogP contribution in [0.25, 0.3) is 11.1 Å². The van der Waals surface area contributed by atoms with E-state index in [1.807, 2.05) is 19.1 Å². The molecular weight excluding hydrogens is 382 g/mol. The summed E-state index contributed by atoms with van der Waals surface area (Å²) in [7, 11) is 0. The van der Waals surface area contributed by atoms with Gasteiger partial charge in [0, 0.05) is 24.6 Å². The summed E-state index contributed by atoms with van der Waals surface area (Å²) in [5, 5.41) is 10.2. The maximum Gasteiger partial charge on any atom is 0.120 e. The van der Waals surface area contributed by atoms with E-state index in [4.69, 9.17) is 0 Å². The van der Waals surface area contributed by atoms with Crippen molar-refractivity contribution in [2.45, 2.75) is 78.1 Å². The van der Waals surface area contributed by atoms with E-state index >= 15 is 0 Å². The minimum atomic E-state index is 0.145. The van der Waals surface area contributed by atoms with E-state index < -0.39 is 0 Å². The van der Waals surface area contributed by atoms with Crippen molar-refractivity contribution in [3.8, 4) is 0 Å². The van der Waals surface area contributed by atoms with Crippen LogP contribution in [0.2, 0.25) is 0 Å². The van der Waals surface area contributed by atoms with E-state index in [-0.39, 0.29) is 16.6 Å². The summed E-state index contributed by atoms with van der Waals surface area (Å²) in [6.07, 6.45) is 5.63. The van der Waals surface area contributed by atoms with Crippen LogP contribution in [0.5, 0.6) is 0 Å². The van der Waals surface area contributed by atoms with Gasteiger partial charge in [-0.2, -0.15) is 0 Å². The zero-order valence-electron chi connectivity index (χ0n) is 19.8. The first-order valence-electron chi connectivity index (χ1n) is 11.1. The monoisotopic (exact) mass is 417 g/mol. The Labute approximate surface area is 186 Å². The van der Waals surface area contributed by atoms with E-state index in [1.165, 1.54) is 29.5 Å². The second-order valence-corrected chi connectivity index (χ2v) is 10.2. The molecular formula is C28H35NO2. The van der Waals surface area contributed by atoms with Crippen molar-refractivity contribution in [1.82, 2.24) is 4.98 Å². The van der Waals surface area contributed by atoms with Gasteiger partial charge in [0.1, 0.15) is 6.29 Å². The number of pyridine rings is 1. The highest BCUT2D eigenvalue weighted by molar-refractivity contribution is 5.79. The van der Waals surface area contributed by atoms with Crippen molar-refractivity contribution in [1.29, 1.82) is 0 Å². The molecule has 0 spiro atoms. The van der Waals surface area contributed by atoms with Crippen LogP contribution in [0, 0.1) is 6.92 Å². The predicted octanol–water partition coefficient (Wildman–Crippen LogP) is 7.07. The number of rotatable bonds is 6. The van der Waals surface area contributed by atoms with Gasteiger partial charge >= 0.3 is 0 Å². The maximum absolute atomic E-state index is 10.6. The lowest BCUT2D eigenvalue weighted by Crippen LogP contribution is -2.34. The minimum Gasteiger partial charge on any atom is -0.512 e. The molecule has 0 radical (unpaired) electrons. The SMILES string of the molecule is C=C(c1ccc(/C(C)=C(\O)CCC=O)cn1)c1cc2c(cc1C)C(C)(C)CCC2(C)C. The van der Waals surface area contributed by atoms with Crippen LogP contribution in [-0.4, -0.2) is 16.4 Å². The van der Waals surface area contributed by atoms with Gasteiger partial charge in [-0.25, -0.2) is 0 Å². The third-order valence-corrected chi connectivity index (χ3v) is 6.96. The van der Waals surface area contributed by atoms with E-state index in [9.17, 15) is 9.90 Å². The molecule has 3 heteroatoms. The number of carbonyl (C=O) groups excluding carboxylic acids is 1. The van der Waals surface area contributed by atoms with Crippen molar-refractivity contribution in [2.24, 2.45) is 0 Å². The Balaban J connectivity index is 1.96. The fourth-order valence-electron chi connectivity index (χ4n) is 4.53. The number of hydrogen-bond donors (Lipinski definition) is 1. The Morgan fingerprint density at radius 1 is 1.13 bits per heavy atom. The first-order valence-corrected chi connectivity index (χ1v) is 11.1. The second-order valence-electron chi connectivity index (χ2n) is 10.2. The normalized spacial score (nSPS) is 17.5. The van der Waals surface area contributed by atoms with Crippen molar-refractivity contribution in [3.05, 3.63) is 76.3 Å². The molecule has 1 heterocycles. The molecule has 0 amide bonds. The number of aldehydes is 1. The average molecular weight is 418 g/mol. The summed E-state index contributed by atoms with van der Waals surface area (Å²) >= 11 is 0. The van der Waals surface area contributed by atoms with Gasteiger partial charge in [-0.1, -0.05) is 46.4 Å². The zero-order valence-corrected chi connectivity index (χ0v) is 19.8. The summed E-state index contributed by atoms with van der Waals surface area (Å²) < 4.78 is 0. The molecule has 0 saturated carbocycles. The molecule has 0 saturated heterocycles. The minimum absolute atomic E-state index is 0.145. The number of carbonyl (C=O) groups is 1. The number of allylic oxidation sites excluding steroid dienone is 2. The van der Waals surface area contributed by atoms with Crippen LogP contribution in [0.3, 0.4) is 0 Å². The summed E-state index contributed by atoms with van der Waals surface area (Å²) in [5.74, 6) is 0.232. The van der Waals surface area contributed by atoms with Crippen LogP contribution in [0.1, 0.15) is 93.8 Å². The largest absolute Gasteiger partial charge is 0.512 e. The Kier molecular flexibility index (Phi) is 6.27. The van der Waals surface area contributed by atoms with Crippen LogP contribution in [0.15, 0.2) is 42.8 Å². The van der Waals surface area contributed by atoms with Crippen LogP contribution < -0.4 is 0 Å². The van der Waals surface area contributed by atoms with E-state index in [1.54, 1.807) is 6.20 Å². The van der Waals surface area contributed by atoms with E-state index in [0.29, 0.717) is 12.8 Å². The molecule has 0 bridgehead atoms. The molecule has 1 aliphatic carbocycles. The molecule has 1 N–H and O–H groups in total. The highest BCUT2D eigenvalue weighted by Gasteiger charge is 2.37. The molecule has 164 valence electrons. The molecule has 0 fully saturated rings. The molecule has 2 aromatic rings. The van der Waals surface area contributed by atoms with E-state index in [2.05, 4.69) is 58.3 Å². The van der Waals surface area contributed by atoms with Gasteiger partial charge in [0.25, 0.3) is 0 Å². The van der Waals surface area contributed by atoms with Gasteiger partial charge < -0.3 is 9.90 Å². The third kappa shape index (κ3) is 4.51. The number of aliphatic hydroxyl groups is 1. The van der Waals surface area contributed by atoms with Crippen molar-refractivity contribution in [2.75, 3.05) is 0 Å². The quantitative estimate of drug-likeness (QED) is 0.404. The van der Waals surface area contributed by atoms with Gasteiger partial charge in [-0.3, -0.25) is 4.98 Å². The average Bonchev–Trinajstić information content (AvgIpc) is 2.74. The number of fused-ring (bicyclic) bond motifs is 1. The number of nitrogens with zero attached hydrogens (tertiary/aromatic N) is 1. The predicted molar refractivity (Wildman–Crippen MR) is 129 cm³/mol. The number of aromatic nitrogens is 1. The van der Waals surface area contributed by atoms with Gasteiger partial charge in [0.15, 0.2) is 0 Å². The fraction of sp³-hybridized carbons (Fsp3) is 0.429. The Morgan fingerprint density at radius 3 is 2.29 bits per heavy atom. The molecule has 1 aromatic carbocycles. The van der Waals surface area contributed by atoms with E-state index in [0.717, 1.165) is 34.3 Å². The molecule has 1 aliphatic rings. The first-order chi connectivity index (χ1) is 14.5. The van der Waals surface area contributed by atoms with Crippen LogP contribution in [-0.2, 0) is 15.6 Å². The smallest absolute Gasteiger partial charge is 0.120 e. The third-order valence-electron chi connectivity index (χ3n) is 6.96. The summed E-state index contributed by atoms with van der Waals surface area (Å²) in [6, 6.07) is 8.60. The lowest BCUT2D eigenvalue weighted by Gasteiger charge is -2.42. The fourth-order valence-corrected chi connectivity index (χ4v) is 4.53. The van der Waals surface area contributed by atoms with Crippen molar-refractivity contribution in [3.63, 3.8) is 0 Å².